The Kier molecular flexibility index (Phi) is 2.21. The van der Waals surface area contributed by atoms with Gasteiger partial charge in [0.15, 0.2) is 6.29 Å². The first-order chi connectivity index (χ1) is 7.25. The standard InChI is InChI=1S/C11H16O4/c1-6(12)15-9-4-7-5-14-11-10(7)8(9)2-3-13-11/h7-11H,2-5H2,1H3/t7-,8?,9-,10?,11+/m1/s1. The van der Waals surface area contributed by atoms with Crippen LogP contribution in [0.3, 0.4) is 0 Å². The fourth-order valence-corrected chi connectivity index (χ4v) is 3.37. The van der Waals surface area contributed by atoms with Gasteiger partial charge in [-0.15, -0.1) is 0 Å². The van der Waals surface area contributed by atoms with Crippen LogP contribution in [0.2, 0.25) is 0 Å². The fourth-order valence-electron chi connectivity index (χ4n) is 3.37. The highest BCUT2D eigenvalue weighted by Crippen LogP contribution is 2.49. The van der Waals surface area contributed by atoms with E-state index in [-0.39, 0.29) is 18.4 Å². The van der Waals surface area contributed by atoms with Crippen molar-refractivity contribution in [2.24, 2.45) is 17.8 Å². The van der Waals surface area contributed by atoms with Crippen molar-refractivity contribution in [2.45, 2.75) is 32.2 Å². The van der Waals surface area contributed by atoms with E-state index in [2.05, 4.69) is 0 Å². The second kappa shape index (κ2) is 3.46. The van der Waals surface area contributed by atoms with E-state index in [1.165, 1.54) is 6.92 Å². The molecular weight excluding hydrogens is 196 g/mol. The number of hydrogen-bond donors (Lipinski definition) is 0. The summed E-state index contributed by atoms with van der Waals surface area (Å²) >= 11 is 0. The molecule has 3 rings (SSSR count). The van der Waals surface area contributed by atoms with Crippen molar-refractivity contribution in [1.82, 2.24) is 0 Å². The summed E-state index contributed by atoms with van der Waals surface area (Å²) < 4.78 is 16.5. The van der Waals surface area contributed by atoms with Gasteiger partial charge in [0, 0.05) is 18.8 Å². The molecule has 5 atom stereocenters. The molecule has 3 aliphatic rings. The van der Waals surface area contributed by atoms with Gasteiger partial charge in [0.2, 0.25) is 0 Å². The zero-order chi connectivity index (χ0) is 10.4. The molecule has 0 aromatic carbocycles. The Bertz CT molecular complexity index is 276. The minimum atomic E-state index is -0.163. The molecule has 2 heterocycles. The molecule has 4 nitrogen and oxygen atoms in total. The van der Waals surface area contributed by atoms with Crippen molar-refractivity contribution in [2.75, 3.05) is 13.2 Å². The quantitative estimate of drug-likeness (QED) is 0.607. The van der Waals surface area contributed by atoms with E-state index in [1.807, 2.05) is 0 Å². The smallest absolute Gasteiger partial charge is 0.302 e. The molecule has 0 radical (unpaired) electrons. The van der Waals surface area contributed by atoms with Crippen LogP contribution >= 0.6 is 0 Å². The molecule has 2 aliphatic heterocycles. The minimum Gasteiger partial charge on any atom is -0.462 e. The van der Waals surface area contributed by atoms with Crippen molar-refractivity contribution in [3.05, 3.63) is 0 Å². The first-order valence-electron chi connectivity index (χ1n) is 5.66. The van der Waals surface area contributed by atoms with Gasteiger partial charge in [-0.05, 0) is 18.8 Å². The van der Waals surface area contributed by atoms with Crippen LogP contribution in [0.1, 0.15) is 19.8 Å². The SMILES string of the molecule is CC(=O)O[C@@H]1C[C@@H]2CO[C@@H]3OCCC1C23. The third kappa shape index (κ3) is 1.47. The molecule has 4 heteroatoms. The predicted octanol–water partition coefficient (Wildman–Crippen LogP) is 0.947. The van der Waals surface area contributed by atoms with Crippen molar-refractivity contribution in [1.29, 1.82) is 0 Å². The van der Waals surface area contributed by atoms with Crippen molar-refractivity contribution >= 4 is 5.97 Å². The van der Waals surface area contributed by atoms with E-state index < -0.39 is 0 Å². The van der Waals surface area contributed by atoms with Crippen LogP contribution in [-0.2, 0) is 19.0 Å². The second-order valence-electron chi connectivity index (χ2n) is 4.75. The van der Waals surface area contributed by atoms with Crippen LogP contribution in [-0.4, -0.2) is 31.6 Å². The predicted molar refractivity (Wildman–Crippen MR) is 51.0 cm³/mol. The monoisotopic (exact) mass is 212 g/mol. The van der Waals surface area contributed by atoms with E-state index in [9.17, 15) is 4.79 Å². The lowest BCUT2D eigenvalue weighted by molar-refractivity contribution is -0.181. The van der Waals surface area contributed by atoms with E-state index in [4.69, 9.17) is 14.2 Å². The van der Waals surface area contributed by atoms with Gasteiger partial charge < -0.3 is 14.2 Å². The molecule has 0 bridgehead atoms. The first kappa shape index (κ1) is 9.60. The van der Waals surface area contributed by atoms with E-state index in [0.717, 1.165) is 26.1 Å². The Hall–Kier alpha value is -0.610. The van der Waals surface area contributed by atoms with Crippen LogP contribution in [0, 0.1) is 17.8 Å². The Morgan fingerprint density at radius 1 is 1.40 bits per heavy atom. The van der Waals surface area contributed by atoms with Crippen molar-refractivity contribution < 1.29 is 19.0 Å². The van der Waals surface area contributed by atoms with Gasteiger partial charge in [-0.2, -0.15) is 0 Å². The van der Waals surface area contributed by atoms with Gasteiger partial charge in [0.1, 0.15) is 6.10 Å². The molecule has 0 spiro atoms. The van der Waals surface area contributed by atoms with Gasteiger partial charge in [-0.3, -0.25) is 4.79 Å². The lowest BCUT2D eigenvalue weighted by Crippen LogP contribution is -2.37. The first-order valence-corrected chi connectivity index (χ1v) is 5.66. The van der Waals surface area contributed by atoms with Gasteiger partial charge in [0.25, 0.3) is 0 Å². The zero-order valence-corrected chi connectivity index (χ0v) is 8.85. The third-order valence-electron chi connectivity index (χ3n) is 3.89. The van der Waals surface area contributed by atoms with Crippen LogP contribution in [0.25, 0.3) is 0 Å². The number of rotatable bonds is 1. The highest BCUT2D eigenvalue weighted by Gasteiger charge is 2.54. The second-order valence-corrected chi connectivity index (χ2v) is 4.75. The van der Waals surface area contributed by atoms with Crippen LogP contribution in [0.4, 0.5) is 0 Å². The molecule has 1 saturated carbocycles. The van der Waals surface area contributed by atoms with Crippen molar-refractivity contribution in [3.63, 3.8) is 0 Å². The molecule has 0 amide bonds. The van der Waals surface area contributed by atoms with E-state index >= 15 is 0 Å². The number of carbonyl (C=O) groups is 1. The molecule has 0 aromatic rings. The lowest BCUT2D eigenvalue weighted by atomic mass is 9.87. The number of ether oxygens (including phenoxy) is 3. The zero-order valence-electron chi connectivity index (χ0n) is 8.85. The molecule has 0 aromatic heterocycles. The molecule has 2 unspecified atom stereocenters. The lowest BCUT2D eigenvalue weighted by Gasteiger charge is -2.32. The Morgan fingerprint density at radius 2 is 2.27 bits per heavy atom. The minimum absolute atomic E-state index is 0.0330. The normalized spacial score (nSPS) is 47.7. The maximum atomic E-state index is 11.0. The molecular formula is C11H16O4. The molecule has 2 saturated heterocycles. The highest BCUT2D eigenvalue weighted by atomic mass is 16.7. The molecule has 3 fully saturated rings. The number of esters is 1. The van der Waals surface area contributed by atoms with E-state index in [1.54, 1.807) is 0 Å². The fraction of sp³-hybridized carbons (Fsp3) is 0.909. The Balaban J connectivity index is 1.77. The molecule has 0 N–H and O–H groups in total. The summed E-state index contributed by atoms with van der Waals surface area (Å²) in [4.78, 5) is 11.0. The summed E-state index contributed by atoms with van der Waals surface area (Å²) in [5, 5.41) is 0. The summed E-state index contributed by atoms with van der Waals surface area (Å²) in [6.07, 6.45) is 2.02. The van der Waals surface area contributed by atoms with Gasteiger partial charge in [0.05, 0.1) is 13.2 Å². The van der Waals surface area contributed by atoms with E-state index in [0.29, 0.717) is 17.8 Å². The summed E-state index contributed by atoms with van der Waals surface area (Å²) in [6.45, 7) is 2.99. The van der Waals surface area contributed by atoms with Gasteiger partial charge in [-0.25, -0.2) is 0 Å². The summed E-state index contributed by atoms with van der Waals surface area (Å²) in [6, 6.07) is 0. The highest BCUT2D eigenvalue weighted by molar-refractivity contribution is 5.66. The van der Waals surface area contributed by atoms with Gasteiger partial charge in [-0.1, -0.05) is 0 Å². The van der Waals surface area contributed by atoms with Crippen molar-refractivity contribution in [3.8, 4) is 0 Å². The summed E-state index contributed by atoms with van der Waals surface area (Å²) in [5.74, 6) is 1.29. The van der Waals surface area contributed by atoms with Crippen LogP contribution < -0.4 is 0 Å². The maximum absolute atomic E-state index is 11.0. The Morgan fingerprint density at radius 3 is 3.07 bits per heavy atom. The largest absolute Gasteiger partial charge is 0.462 e. The van der Waals surface area contributed by atoms with Crippen LogP contribution in [0.15, 0.2) is 0 Å². The summed E-state index contributed by atoms with van der Waals surface area (Å²) in [7, 11) is 0. The average molecular weight is 212 g/mol. The molecule has 84 valence electrons. The third-order valence-corrected chi connectivity index (χ3v) is 3.89. The summed E-state index contributed by atoms with van der Waals surface area (Å²) in [5.41, 5.74) is 0. The molecule has 1 aliphatic carbocycles. The van der Waals surface area contributed by atoms with Gasteiger partial charge >= 0.3 is 5.97 Å². The average Bonchev–Trinajstić information content (AvgIpc) is 2.74. The Labute approximate surface area is 88.9 Å². The topological polar surface area (TPSA) is 44.8 Å². The van der Waals surface area contributed by atoms with Crippen LogP contribution in [0.5, 0.6) is 0 Å². The number of carbonyl (C=O) groups excluding carboxylic acids is 1. The maximum Gasteiger partial charge on any atom is 0.302 e. The number of hydrogen-bond acceptors (Lipinski definition) is 4. The molecule has 15 heavy (non-hydrogen) atoms.